The second-order valence-electron chi connectivity index (χ2n) is 8.97. The Bertz CT molecular complexity index is 876. The molecule has 166 valence electrons. The Morgan fingerprint density at radius 2 is 1.84 bits per heavy atom. The molecule has 4 aliphatic rings. The lowest BCUT2D eigenvalue weighted by Crippen LogP contribution is -2.53. The smallest absolute Gasteiger partial charge is 0.319 e. The fourth-order valence-corrected chi connectivity index (χ4v) is 4.88. The highest BCUT2D eigenvalue weighted by atomic mass is 16.8. The van der Waals surface area contributed by atoms with Gasteiger partial charge in [-0.05, 0) is 51.0 Å². The van der Waals surface area contributed by atoms with E-state index in [2.05, 4.69) is 16.7 Å². The summed E-state index contributed by atoms with van der Waals surface area (Å²) in [5, 5.41) is 14.7. The molecule has 0 bridgehead atoms. The van der Waals surface area contributed by atoms with Crippen LogP contribution in [0.4, 0.5) is 10.5 Å². The number of carbonyl (C=O) groups excluding carboxylic acids is 1. The van der Waals surface area contributed by atoms with Gasteiger partial charge in [0.1, 0.15) is 18.3 Å². The molecule has 2 amide bonds. The van der Waals surface area contributed by atoms with Gasteiger partial charge in [0, 0.05) is 18.5 Å². The van der Waals surface area contributed by atoms with Crippen LogP contribution >= 0.6 is 0 Å². The van der Waals surface area contributed by atoms with Crippen molar-refractivity contribution in [3.8, 4) is 6.07 Å². The zero-order valence-electron chi connectivity index (χ0n) is 17.6. The highest BCUT2D eigenvalue weighted by Gasteiger charge is 2.59. The van der Waals surface area contributed by atoms with Crippen molar-refractivity contribution in [1.82, 2.24) is 5.32 Å². The van der Waals surface area contributed by atoms with Crippen molar-refractivity contribution >= 4 is 11.7 Å². The second kappa shape index (κ2) is 7.73. The van der Waals surface area contributed by atoms with Gasteiger partial charge in [-0.1, -0.05) is 0 Å². The molecule has 9 heteroatoms. The molecule has 1 saturated carbocycles. The number of anilines is 1. The quantitative estimate of drug-likeness (QED) is 0.760. The van der Waals surface area contributed by atoms with Gasteiger partial charge in [-0.3, -0.25) is 0 Å². The van der Waals surface area contributed by atoms with Crippen molar-refractivity contribution in [2.75, 3.05) is 11.9 Å². The first kappa shape index (κ1) is 20.7. The van der Waals surface area contributed by atoms with Gasteiger partial charge in [-0.15, -0.1) is 0 Å². The Kier molecular flexibility index (Phi) is 5.15. The maximum Gasteiger partial charge on any atom is 0.319 e. The van der Waals surface area contributed by atoms with Gasteiger partial charge in [-0.25, -0.2) is 4.79 Å². The summed E-state index contributed by atoms with van der Waals surface area (Å²) in [5.41, 5.74) is 1.11. The maximum atomic E-state index is 12.8. The van der Waals surface area contributed by atoms with Crippen LogP contribution in [0.2, 0.25) is 0 Å². The highest BCUT2D eigenvalue weighted by molar-refractivity contribution is 5.89. The third-order valence-corrected chi connectivity index (χ3v) is 6.27. The monoisotopic (exact) mass is 429 g/mol. The summed E-state index contributed by atoms with van der Waals surface area (Å²) in [6.45, 7) is 4.05. The van der Waals surface area contributed by atoms with Gasteiger partial charge < -0.3 is 34.3 Å². The minimum atomic E-state index is -0.802. The summed E-state index contributed by atoms with van der Waals surface area (Å²) in [5.74, 6) is -1.33. The normalized spacial score (nSPS) is 35.1. The summed E-state index contributed by atoms with van der Waals surface area (Å²) >= 11 is 0. The van der Waals surface area contributed by atoms with Crippen molar-refractivity contribution < 1.29 is 28.5 Å². The topological polar surface area (TPSA) is 111 Å². The van der Waals surface area contributed by atoms with Crippen LogP contribution < -0.4 is 10.6 Å². The van der Waals surface area contributed by atoms with E-state index in [0.29, 0.717) is 17.9 Å². The van der Waals surface area contributed by atoms with Gasteiger partial charge in [0.15, 0.2) is 17.9 Å². The van der Waals surface area contributed by atoms with Crippen LogP contribution in [0.15, 0.2) is 24.3 Å². The maximum absolute atomic E-state index is 12.8. The van der Waals surface area contributed by atoms with Gasteiger partial charge in [0.25, 0.3) is 0 Å². The van der Waals surface area contributed by atoms with E-state index >= 15 is 0 Å². The first-order valence-corrected chi connectivity index (χ1v) is 10.8. The molecule has 5 atom stereocenters. The Balaban J connectivity index is 1.30. The summed E-state index contributed by atoms with van der Waals surface area (Å²) in [7, 11) is 0. The van der Waals surface area contributed by atoms with E-state index in [1.54, 1.807) is 24.3 Å². The number of hydrogen-bond donors (Lipinski definition) is 2. The molecule has 0 aromatic heterocycles. The van der Waals surface area contributed by atoms with Crippen LogP contribution in [0.5, 0.6) is 0 Å². The largest absolute Gasteiger partial charge is 0.347 e. The predicted molar refractivity (Wildman–Crippen MR) is 108 cm³/mol. The minimum absolute atomic E-state index is 0.320. The van der Waals surface area contributed by atoms with Crippen LogP contribution in [0, 0.1) is 11.3 Å². The molecule has 4 fully saturated rings. The lowest BCUT2D eigenvalue weighted by atomic mass is 10.0. The third kappa shape index (κ3) is 4.02. The number of carbonyl (C=O) groups is 1. The van der Waals surface area contributed by atoms with E-state index in [9.17, 15) is 4.79 Å². The molecule has 2 N–H and O–H groups in total. The molecule has 1 aromatic rings. The van der Waals surface area contributed by atoms with E-state index < -0.39 is 42.1 Å². The van der Waals surface area contributed by atoms with E-state index in [0.717, 1.165) is 25.7 Å². The van der Waals surface area contributed by atoms with Gasteiger partial charge in [0.2, 0.25) is 0 Å². The molecule has 0 unspecified atom stereocenters. The van der Waals surface area contributed by atoms with Crippen LogP contribution in [-0.2, 0) is 23.7 Å². The molecule has 3 saturated heterocycles. The number of nitrogens with zero attached hydrogens (tertiary/aromatic N) is 1. The van der Waals surface area contributed by atoms with E-state index in [-0.39, 0.29) is 6.10 Å². The van der Waals surface area contributed by atoms with Gasteiger partial charge in [-0.2, -0.15) is 5.26 Å². The first-order chi connectivity index (χ1) is 14.9. The van der Waals surface area contributed by atoms with Crippen molar-refractivity contribution in [2.24, 2.45) is 0 Å². The fraction of sp³-hybridized carbons (Fsp3) is 0.636. The average Bonchev–Trinajstić information content (AvgIpc) is 3.49. The Hall–Kier alpha value is -2.22. The van der Waals surface area contributed by atoms with Crippen molar-refractivity contribution in [3.05, 3.63) is 29.8 Å². The molecule has 1 spiro atoms. The zero-order chi connectivity index (χ0) is 21.6. The second-order valence-corrected chi connectivity index (χ2v) is 8.97. The number of amides is 2. The molecule has 3 aliphatic heterocycles. The number of nitriles is 1. The molecule has 3 heterocycles. The molecule has 9 nitrogen and oxygen atoms in total. The van der Waals surface area contributed by atoms with Crippen molar-refractivity contribution in [2.45, 2.75) is 81.7 Å². The molecule has 1 aliphatic carbocycles. The Morgan fingerprint density at radius 3 is 2.55 bits per heavy atom. The third-order valence-electron chi connectivity index (χ3n) is 6.27. The lowest BCUT2D eigenvalue weighted by Gasteiger charge is -2.30. The number of hydrogen-bond acceptors (Lipinski definition) is 7. The number of fused-ring (bicyclic) bond motifs is 1. The number of nitrogens with one attached hydrogen (secondary N) is 2. The molecule has 5 rings (SSSR count). The summed E-state index contributed by atoms with van der Waals surface area (Å²) in [6, 6.07) is 7.84. The highest BCUT2D eigenvalue weighted by Crippen LogP contribution is 2.44. The van der Waals surface area contributed by atoms with Gasteiger partial charge >= 0.3 is 6.03 Å². The molecular weight excluding hydrogens is 402 g/mol. The van der Waals surface area contributed by atoms with Crippen molar-refractivity contribution in [3.63, 3.8) is 0 Å². The first-order valence-electron chi connectivity index (χ1n) is 10.8. The van der Waals surface area contributed by atoms with Crippen LogP contribution in [0.1, 0.15) is 45.1 Å². The van der Waals surface area contributed by atoms with Crippen LogP contribution in [0.3, 0.4) is 0 Å². The standard InChI is InChI=1S/C22H27N3O6/c1-21(2)30-18-16(25-20(26)24-14-7-5-13(11-23)6-8-14)17(28-19(18)31-21)15-12-27-22(29-15)9-3-4-10-22/h5-8,15-19H,3-4,9-10,12H2,1-2H3,(H2,24,25,26)/t15-,16+,17-,18-,19-/m1/s1. The van der Waals surface area contributed by atoms with E-state index in [1.807, 2.05) is 13.8 Å². The molecule has 1 aromatic carbocycles. The number of benzene rings is 1. The fourth-order valence-electron chi connectivity index (χ4n) is 4.88. The predicted octanol–water partition coefficient (Wildman–Crippen LogP) is 2.61. The average molecular weight is 429 g/mol. The SMILES string of the molecule is CC1(C)O[C@H]2O[C@H]([C@H]3COC4(CCCC4)O3)[C@H](NC(=O)Nc3ccc(C#N)cc3)[C@H]2O1. The summed E-state index contributed by atoms with van der Waals surface area (Å²) in [4.78, 5) is 12.8. The minimum Gasteiger partial charge on any atom is -0.347 e. The van der Waals surface area contributed by atoms with E-state index in [4.69, 9.17) is 28.9 Å². The lowest BCUT2D eigenvalue weighted by molar-refractivity contribution is -0.226. The molecule has 0 radical (unpaired) electrons. The Morgan fingerprint density at radius 1 is 1.10 bits per heavy atom. The van der Waals surface area contributed by atoms with Gasteiger partial charge in [0.05, 0.1) is 24.3 Å². The molecule has 31 heavy (non-hydrogen) atoms. The Labute approximate surface area is 180 Å². The van der Waals surface area contributed by atoms with Crippen LogP contribution in [-0.4, -0.2) is 54.9 Å². The molecular formula is C22H27N3O6. The summed E-state index contributed by atoms with van der Waals surface area (Å²) < 4.78 is 30.4. The number of ether oxygens (including phenoxy) is 5. The zero-order valence-corrected chi connectivity index (χ0v) is 17.6. The number of urea groups is 1. The van der Waals surface area contributed by atoms with Crippen molar-refractivity contribution in [1.29, 1.82) is 5.26 Å². The number of rotatable bonds is 3. The summed E-state index contributed by atoms with van der Waals surface area (Å²) in [6.07, 6.45) is 2.08. The van der Waals surface area contributed by atoms with E-state index in [1.165, 1.54) is 0 Å². The van der Waals surface area contributed by atoms with Crippen LogP contribution in [0.25, 0.3) is 0 Å².